The van der Waals surface area contributed by atoms with Gasteiger partial charge in [-0.05, 0) is 72.9 Å². The number of benzene rings is 5. The molecule has 0 radical (unpaired) electrons. The fourth-order valence-corrected chi connectivity index (χ4v) is 7.65. The van der Waals surface area contributed by atoms with E-state index in [1.807, 2.05) is 36.4 Å². The SMILES string of the molecule is Cc1ccc(S(=O)(=O)O)c(-c2cc(-c3cc(C)ccc3S(=O)(=O)O)c(C(=O)N3Cc4cccc(N)c4C3)c(OCc3ccccc3)c2C)c1. The van der Waals surface area contributed by atoms with Crippen LogP contribution in [-0.4, -0.2) is 36.7 Å². The largest absolute Gasteiger partial charge is 0.488 e. The lowest BCUT2D eigenvalue weighted by Gasteiger charge is -2.25. The Hall–Kier alpha value is -5.01. The van der Waals surface area contributed by atoms with Crippen LogP contribution in [0.1, 0.15) is 43.7 Å². The summed E-state index contributed by atoms with van der Waals surface area (Å²) in [6.07, 6.45) is 0. The molecule has 1 amide bonds. The molecule has 5 aromatic rings. The molecule has 0 aliphatic carbocycles. The topological polar surface area (TPSA) is 164 Å². The zero-order chi connectivity index (χ0) is 35.2. The van der Waals surface area contributed by atoms with E-state index in [0.29, 0.717) is 22.4 Å². The molecular formula is C37H34N2O8S2. The first-order chi connectivity index (χ1) is 23.1. The maximum atomic E-state index is 14.8. The van der Waals surface area contributed by atoms with E-state index in [4.69, 9.17) is 10.5 Å². The number of carbonyl (C=O) groups is 1. The van der Waals surface area contributed by atoms with Crippen molar-refractivity contribution in [2.45, 2.75) is 50.3 Å². The third-order valence-electron chi connectivity index (χ3n) is 8.68. The molecule has 0 atom stereocenters. The maximum Gasteiger partial charge on any atom is 0.295 e. The number of hydrogen-bond donors (Lipinski definition) is 3. The summed E-state index contributed by atoms with van der Waals surface area (Å²) < 4.78 is 78.1. The second kappa shape index (κ2) is 12.8. The number of aryl methyl sites for hydroxylation is 2. The predicted molar refractivity (Wildman–Crippen MR) is 186 cm³/mol. The summed E-state index contributed by atoms with van der Waals surface area (Å²) in [5, 5.41) is 0. The van der Waals surface area contributed by atoms with Crippen molar-refractivity contribution in [2.75, 3.05) is 5.73 Å². The van der Waals surface area contributed by atoms with Gasteiger partial charge < -0.3 is 15.4 Å². The smallest absolute Gasteiger partial charge is 0.295 e. The molecule has 1 aliphatic heterocycles. The number of anilines is 1. The Morgan fingerprint density at radius 3 is 1.90 bits per heavy atom. The molecule has 0 unspecified atom stereocenters. The second-order valence-electron chi connectivity index (χ2n) is 12.2. The molecular weight excluding hydrogens is 665 g/mol. The lowest BCUT2D eigenvalue weighted by molar-refractivity contribution is 0.0747. The van der Waals surface area contributed by atoms with Gasteiger partial charge in [-0.2, -0.15) is 16.8 Å². The summed E-state index contributed by atoms with van der Waals surface area (Å²) >= 11 is 0. The summed E-state index contributed by atoms with van der Waals surface area (Å²) in [5.41, 5.74) is 11.4. The number of nitrogens with zero attached hydrogens (tertiary/aromatic N) is 1. The van der Waals surface area contributed by atoms with Crippen LogP contribution in [0.2, 0.25) is 0 Å². The van der Waals surface area contributed by atoms with Crippen LogP contribution in [0.5, 0.6) is 5.75 Å². The van der Waals surface area contributed by atoms with Crippen LogP contribution in [0.15, 0.2) is 101 Å². The van der Waals surface area contributed by atoms with Gasteiger partial charge in [-0.15, -0.1) is 0 Å². The lowest BCUT2D eigenvalue weighted by Crippen LogP contribution is -2.27. The Morgan fingerprint density at radius 1 is 0.735 bits per heavy atom. The van der Waals surface area contributed by atoms with E-state index in [1.165, 1.54) is 30.3 Å². The van der Waals surface area contributed by atoms with Crippen molar-refractivity contribution >= 4 is 31.8 Å². The molecule has 4 N–H and O–H groups in total. The first-order valence-electron chi connectivity index (χ1n) is 15.3. The van der Waals surface area contributed by atoms with E-state index >= 15 is 0 Å². The first kappa shape index (κ1) is 33.9. The van der Waals surface area contributed by atoms with E-state index in [1.54, 1.807) is 49.9 Å². The molecule has 1 heterocycles. The molecule has 12 heteroatoms. The Morgan fingerprint density at radius 2 is 1.33 bits per heavy atom. The van der Waals surface area contributed by atoms with Gasteiger partial charge in [0.25, 0.3) is 26.1 Å². The van der Waals surface area contributed by atoms with Gasteiger partial charge in [-0.1, -0.05) is 77.9 Å². The van der Waals surface area contributed by atoms with Crippen LogP contribution in [0.3, 0.4) is 0 Å². The Bertz CT molecular complexity index is 2360. The first-order valence-corrected chi connectivity index (χ1v) is 18.2. The van der Waals surface area contributed by atoms with Gasteiger partial charge in [0, 0.05) is 35.5 Å². The Kier molecular flexibility index (Phi) is 8.84. The number of rotatable bonds is 8. The van der Waals surface area contributed by atoms with Gasteiger partial charge in [0.2, 0.25) is 0 Å². The quantitative estimate of drug-likeness (QED) is 0.117. The number of nitrogens with two attached hydrogens (primary N) is 1. The van der Waals surface area contributed by atoms with Crippen LogP contribution < -0.4 is 10.5 Å². The minimum absolute atomic E-state index is 0.00828. The van der Waals surface area contributed by atoms with Crippen molar-refractivity contribution in [2.24, 2.45) is 0 Å². The molecule has 0 saturated heterocycles. The van der Waals surface area contributed by atoms with Gasteiger partial charge in [-0.25, -0.2) is 0 Å². The zero-order valence-electron chi connectivity index (χ0n) is 27.0. The standard InChI is InChI=1S/C37H34N2O8S2/c1-22-12-14-33(48(41,42)43)28(16-22)27-18-30(29-17-23(2)13-15-34(29)49(44,45)46)35(36(24(27)3)47-21-25-8-5-4-6-9-25)37(40)39-19-26-10-7-11-32(38)31(26)20-39/h4-18H,19-21,38H2,1-3H3,(H,41,42,43)(H,44,45,46). The van der Waals surface area contributed by atoms with E-state index < -0.39 is 31.0 Å². The molecule has 0 saturated carbocycles. The number of carbonyl (C=O) groups excluding carboxylic acids is 1. The molecule has 10 nitrogen and oxygen atoms in total. The fourth-order valence-electron chi connectivity index (χ4n) is 6.28. The minimum Gasteiger partial charge on any atom is -0.488 e. The number of fused-ring (bicyclic) bond motifs is 1. The van der Waals surface area contributed by atoms with E-state index in [9.17, 15) is 30.7 Å². The average Bonchev–Trinajstić information content (AvgIpc) is 3.49. The summed E-state index contributed by atoms with van der Waals surface area (Å²) in [7, 11) is -9.56. The highest BCUT2D eigenvalue weighted by atomic mass is 32.2. The average molecular weight is 699 g/mol. The molecule has 0 fully saturated rings. The van der Waals surface area contributed by atoms with E-state index in [2.05, 4.69) is 0 Å². The van der Waals surface area contributed by atoms with Gasteiger partial charge in [0.15, 0.2) is 0 Å². The van der Waals surface area contributed by atoms with Crippen molar-refractivity contribution in [3.8, 4) is 28.0 Å². The monoisotopic (exact) mass is 698 g/mol. The number of amides is 1. The summed E-state index contributed by atoms with van der Waals surface area (Å²) in [5.74, 6) is -0.416. The van der Waals surface area contributed by atoms with E-state index in [0.717, 1.165) is 16.7 Å². The molecule has 252 valence electrons. The molecule has 49 heavy (non-hydrogen) atoms. The van der Waals surface area contributed by atoms with Crippen molar-refractivity contribution in [3.63, 3.8) is 0 Å². The third kappa shape index (κ3) is 6.68. The third-order valence-corrected chi connectivity index (χ3v) is 10.5. The van der Waals surface area contributed by atoms with Gasteiger partial charge >= 0.3 is 0 Å². The van der Waals surface area contributed by atoms with Crippen molar-refractivity contribution in [1.29, 1.82) is 0 Å². The second-order valence-corrected chi connectivity index (χ2v) is 15.0. The van der Waals surface area contributed by atoms with Crippen LogP contribution in [0.4, 0.5) is 5.69 Å². The summed E-state index contributed by atoms with van der Waals surface area (Å²) in [6.45, 7) is 5.58. The van der Waals surface area contributed by atoms with Crippen LogP contribution in [0, 0.1) is 20.8 Å². The summed E-state index contributed by atoms with van der Waals surface area (Å²) in [6, 6.07) is 24.9. The van der Waals surface area contributed by atoms with Gasteiger partial charge in [0.1, 0.15) is 22.1 Å². The van der Waals surface area contributed by atoms with Crippen molar-refractivity contribution in [1.82, 2.24) is 4.90 Å². The molecule has 5 aromatic carbocycles. The summed E-state index contributed by atoms with van der Waals surface area (Å²) in [4.78, 5) is 15.6. The van der Waals surface area contributed by atoms with Crippen LogP contribution in [0.25, 0.3) is 22.3 Å². The molecule has 6 rings (SSSR count). The zero-order valence-corrected chi connectivity index (χ0v) is 28.6. The maximum absolute atomic E-state index is 14.8. The highest BCUT2D eigenvalue weighted by Gasteiger charge is 2.34. The van der Waals surface area contributed by atoms with Crippen LogP contribution >= 0.6 is 0 Å². The molecule has 1 aliphatic rings. The van der Waals surface area contributed by atoms with Crippen molar-refractivity contribution < 1.29 is 35.5 Å². The minimum atomic E-state index is -4.82. The lowest BCUT2D eigenvalue weighted by atomic mass is 9.88. The fraction of sp³-hybridized carbons (Fsp3) is 0.162. The Balaban J connectivity index is 1.70. The molecule has 0 aromatic heterocycles. The number of hydrogen-bond acceptors (Lipinski definition) is 7. The van der Waals surface area contributed by atoms with Gasteiger partial charge in [-0.3, -0.25) is 13.9 Å². The van der Waals surface area contributed by atoms with E-state index in [-0.39, 0.29) is 58.2 Å². The highest BCUT2D eigenvalue weighted by molar-refractivity contribution is 7.86. The Labute approximate surface area is 285 Å². The normalized spacial score (nSPS) is 13.0. The number of ether oxygens (including phenoxy) is 1. The van der Waals surface area contributed by atoms with Crippen LogP contribution in [-0.2, 0) is 39.9 Å². The van der Waals surface area contributed by atoms with Gasteiger partial charge in [0.05, 0.1) is 5.56 Å². The predicted octanol–water partition coefficient (Wildman–Crippen LogP) is 6.76. The highest BCUT2D eigenvalue weighted by Crippen LogP contribution is 2.45. The van der Waals surface area contributed by atoms with Crippen molar-refractivity contribution in [3.05, 3.63) is 130 Å². The number of nitrogen functional groups attached to an aromatic ring is 1. The molecule has 0 spiro atoms. The molecule has 0 bridgehead atoms.